The summed E-state index contributed by atoms with van der Waals surface area (Å²) in [6.45, 7) is 5.88. The van der Waals surface area contributed by atoms with Crippen molar-refractivity contribution in [2.75, 3.05) is 64.4 Å². The Balaban J connectivity index is 1.23. The van der Waals surface area contributed by atoms with E-state index in [4.69, 9.17) is 4.74 Å². The molecule has 1 N–H and O–H groups in total. The number of guanidine groups is 1. The van der Waals surface area contributed by atoms with E-state index in [0.717, 1.165) is 63.6 Å². The molecule has 3 fully saturated rings. The predicted molar refractivity (Wildman–Crippen MR) is 115 cm³/mol. The first-order chi connectivity index (χ1) is 15.0. The van der Waals surface area contributed by atoms with E-state index in [2.05, 4.69) is 20.1 Å². The number of hydrogen-bond donors (Lipinski definition) is 1. The molecular weight excluding hydrogens is 404 g/mol. The number of rotatable bonds is 4. The summed E-state index contributed by atoms with van der Waals surface area (Å²) in [5, 5.41) is 3.46. The fraction of sp³-hybridized carbons (Fsp3) is 0.636. The van der Waals surface area contributed by atoms with Crippen LogP contribution in [0.4, 0.5) is 14.5 Å². The summed E-state index contributed by atoms with van der Waals surface area (Å²) in [6, 6.07) is 4.08. The van der Waals surface area contributed by atoms with Gasteiger partial charge in [-0.1, -0.05) is 0 Å². The molecule has 1 amide bonds. The van der Waals surface area contributed by atoms with Crippen molar-refractivity contribution in [3.05, 3.63) is 29.8 Å². The quantitative estimate of drug-likeness (QED) is 0.576. The van der Waals surface area contributed by atoms with Gasteiger partial charge in [-0.3, -0.25) is 9.79 Å². The summed E-state index contributed by atoms with van der Waals surface area (Å²) < 4.78 is 32.2. The molecule has 0 bridgehead atoms. The van der Waals surface area contributed by atoms with Crippen LogP contribution in [0.25, 0.3) is 0 Å². The van der Waals surface area contributed by atoms with Gasteiger partial charge < -0.3 is 24.8 Å². The SMILES string of the molecule is CN=C(NCC1CCN(c2ccc(F)c(F)c2)C1)N1CCN(C(=O)C2CCCO2)CC1. The van der Waals surface area contributed by atoms with Crippen LogP contribution in [0.15, 0.2) is 23.2 Å². The maximum atomic E-state index is 13.5. The van der Waals surface area contributed by atoms with E-state index in [0.29, 0.717) is 25.6 Å². The molecule has 7 nitrogen and oxygen atoms in total. The molecule has 9 heteroatoms. The number of hydrogen-bond acceptors (Lipinski definition) is 4. The van der Waals surface area contributed by atoms with Crippen LogP contribution in [-0.2, 0) is 9.53 Å². The first-order valence-corrected chi connectivity index (χ1v) is 11.1. The average Bonchev–Trinajstić information content (AvgIpc) is 3.48. The molecule has 0 aliphatic carbocycles. The number of anilines is 1. The number of aliphatic imine (C=N–C) groups is 1. The molecule has 0 saturated carbocycles. The number of benzene rings is 1. The van der Waals surface area contributed by atoms with Gasteiger partial charge in [-0.05, 0) is 37.3 Å². The van der Waals surface area contributed by atoms with Gasteiger partial charge in [0.15, 0.2) is 17.6 Å². The lowest BCUT2D eigenvalue weighted by Crippen LogP contribution is -2.55. The molecular formula is C22H31F2N5O2. The molecule has 3 heterocycles. The second-order valence-corrected chi connectivity index (χ2v) is 8.44. The van der Waals surface area contributed by atoms with Gasteiger partial charge in [0.1, 0.15) is 6.10 Å². The number of piperazine rings is 1. The fourth-order valence-electron chi connectivity index (χ4n) is 4.60. The molecule has 2 unspecified atom stereocenters. The number of carbonyl (C=O) groups is 1. The number of nitrogens with zero attached hydrogens (tertiary/aromatic N) is 4. The molecule has 0 spiro atoms. The van der Waals surface area contributed by atoms with Crippen molar-refractivity contribution >= 4 is 17.6 Å². The van der Waals surface area contributed by atoms with E-state index in [9.17, 15) is 13.6 Å². The molecule has 3 aliphatic rings. The molecule has 170 valence electrons. The van der Waals surface area contributed by atoms with Crippen LogP contribution in [0.5, 0.6) is 0 Å². The highest BCUT2D eigenvalue weighted by Crippen LogP contribution is 2.25. The van der Waals surface area contributed by atoms with Gasteiger partial charge >= 0.3 is 0 Å². The molecule has 1 aromatic carbocycles. The molecule has 0 aromatic heterocycles. The van der Waals surface area contributed by atoms with Crippen molar-refractivity contribution in [1.29, 1.82) is 0 Å². The zero-order chi connectivity index (χ0) is 21.8. The number of amides is 1. The standard InChI is InChI=1S/C22H31F2N5O2/c1-25-22(28-10-8-27(9-11-28)21(30)20-3-2-12-31-20)26-14-16-6-7-29(15-16)17-4-5-18(23)19(24)13-17/h4-5,13,16,20H,2-3,6-12,14-15H2,1H3,(H,25,26). The summed E-state index contributed by atoms with van der Waals surface area (Å²) in [4.78, 5) is 23.1. The predicted octanol–water partition coefficient (Wildman–Crippen LogP) is 1.69. The third-order valence-electron chi connectivity index (χ3n) is 6.41. The molecule has 3 saturated heterocycles. The van der Waals surface area contributed by atoms with Crippen LogP contribution >= 0.6 is 0 Å². The Bertz CT molecular complexity index is 807. The van der Waals surface area contributed by atoms with Gasteiger partial charge in [0.05, 0.1) is 0 Å². The minimum absolute atomic E-state index is 0.114. The van der Waals surface area contributed by atoms with E-state index in [1.165, 1.54) is 12.1 Å². The van der Waals surface area contributed by atoms with Gasteiger partial charge in [-0.15, -0.1) is 0 Å². The minimum atomic E-state index is -0.817. The van der Waals surface area contributed by atoms with E-state index in [-0.39, 0.29) is 12.0 Å². The summed E-state index contributed by atoms with van der Waals surface area (Å²) in [6.07, 6.45) is 2.50. The average molecular weight is 436 g/mol. The highest BCUT2D eigenvalue weighted by Gasteiger charge is 2.31. The molecule has 4 rings (SSSR count). The van der Waals surface area contributed by atoms with Crippen molar-refractivity contribution in [2.24, 2.45) is 10.9 Å². The van der Waals surface area contributed by atoms with Crippen molar-refractivity contribution in [2.45, 2.75) is 25.4 Å². The van der Waals surface area contributed by atoms with Crippen LogP contribution in [0.1, 0.15) is 19.3 Å². The van der Waals surface area contributed by atoms with Gasteiger partial charge in [-0.25, -0.2) is 8.78 Å². The summed E-state index contributed by atoms with van der Waals surface area (Å²) in [5.41, 5.74) is 0.720. The minimum Gasteiger partial charge on any atom is -0.371 e. The van der Waals surface area contributed by atoms with E-state index in [1.807, 2.05) is 4.90 Å². The first kappa shape index (κ1) is 21.8. The van der Waals surface area contributed by atoms with Gasteiger partial charge in [-0.2, -0.15) is 0 Å². The summed E-state index contributed by atoms with van der Waals surface area (Å²) in [7, 11) is 1.77. The van der Waals surface area contributed by atoms with Crippen LogP contribution < -0.4 is 10.2 Å². The lowest BCUT2D eigenvalue weighted by atomic mass is 10.1. The lowest BCUT2D eigenvalue weighted by Gasteiger charge is -2.37. The number of halogens is 2. The van der Waals surface area contributed by atoms with Crippen molar-refractivity contribution in [1.82, 2.24) is 15.1 Å². The zero-order valence-electron chi connectivity index (χ0n) is 18.0. The van der Waals surface area contributed by atoms with Crippen LogP contribution in [0.3, 0.4) is 0 Å². The Morgan fingerprint density at radius 3 is 2.58 bits per heavy atom. The highest BCUT2D eigenvalue weighted by molar-refractivity contribution is 5.82. The Morgan fingerprint density at radius 1 is 1.13 bits per heavy atom. The van der Waals surface area contributed by atoms with Crippen molar-refractivity contribution in [3.8, 4) is 0 Å². The summed E-state index contributed by atoms with van der Waals surface area (Å²) >= 11 is 0. The highest BCUT2D eigenvalue weighted by atomic mass is 19.2. The topological polar surface area (TPSA) is 60.4 Å². The van der Waals surface area contributed by atoms with Crippen LogP contribution in [-0.4, -0.2) is 87.2 Å². The van der Waals surface area contributed by atoms with Gasteiger partial charge in [0.2, 0.25) is 0 Å². The Hall–Kier alpha value is -2.42. The molecule has 0 radical (unpaired) electrons. The Labute approximate surface area is 182 Å². The maximum absolute atomic E-state index is 13.5. The number of carbonyl (C=O) groups excluding carboxylic acids is 1. The van der Waals surface area contributed by atoms with Crippen molar-refractivity contribution < 1.29 is 18.3 Å². The Kier molecular flexibility index (Phi) is 6.89. The first-order valence-electron chi connectivity index (χ1n) is 11.1. The third kappa shape index (κ3) is 5.08. The van der Waals surface area contributed by atoms with Gasteiger partial charge in [0, 0.05) is 71.2 Å². The number of nitrogens with one attached hydrogen (secondary N) is 1. The molecule has 3 aliphatic heterocycles. The molecule has 2 atom stereocenters. The second-order valence-electron chi connectivity index (χ2n) is 8.44. The monoisotopic (exact) mass is 435 g/mol. The Morgan fingerprint density at radius 2 is 1.90 bits per heavy atom. The number of ether oxygens (including phenoxy) is 1. The molecule has 31 heavy (non-hydrogen) atoms. The van der Waals surface area contributed by atoms with Gasteiger partial charge in [0.25, 0.3) is 5.91 Å². The second kappa shape index (κ2) is 9.80. The largest absolute Gasteiger partial charge is 0.371 e. The van der Waals surface area contributed by atoms with E-state index in [1.54, 1.807) is 13.1 Å². The normalized spacial score (nSPS) is 24.7. The lowest BCUT2D eigenvalue weighted by molar-refractivity contribution is -0.142. The summed E-state index contributed by atoms with van der Waals surface area (Å²) in [5.74, 6) is -0.273. The smallest absolute Gasteiger partial charge is 0.251 e. The van der Waals surface area contributed by atoms with E-state index < -0.39 is 11.6 Å². The van der Waals surface area contributed by atoms with Crippen LogP contribution in [0, 0.1) is 17.6 Å². The fourth-order valence-corrected chi connectivity index (χ4v) is 4.60. The third-order valence-corrected chi connectivity index (χ3v) is 6.41. The maximum Gasteiger partial charge on any atom is 0.251 e. The van der Waals surface area contributed by atoms with E-state index >= 15 is 0 Å². The zero-order valence-corrected chi connectivity index (χ0v) is 18.0. The van der Waals surface area contributed by atoms with Crippen LogP contribution in [0.2, 0.25) is 0 Å². The van der Waals surface area contributed by atoms with Crippen molar-refractivity contribution in [3.63, 3.8) is 0 Å². The molecule has 1 aromatic rings.